The molecule has 4 heteroatoms. The van der Waals surface area contributed by atoms with E-state index in [0.29, 0.717) is 6.04 Å². The van der Waals surface area contributed by atoms with Gasteiger partial charge in [-0.15, -0.1) is 11.3 Å². The number of hydrogen-bond donors (Lipinski definition) is 1. The van der Waals surface area contributed by atoms with Crippen molar-refractivity contribution in [3.8, 4) is 0 Å². The zero-order chi connectivity index (χ0) is 14.5. The zero-order valence-corrected chi connectivity index (χ0v) is 13.6. The lowest BCUT2D eigenvalue weighted by atomic mass is 10.2. The fraction of sp³-hybridized carbons (Fsp3) is 0.500. The summed E-state index contributed by atoms with van der Waals surface area (Å²) >= 11 is 1.82. The maximum Gasteiger partial charge on any atom is 0.118 e. The minimum Gasteiger partial charge on any atom is -0.465 e. The van der Waals surface area contributed by atoms with E-state index in [9.17, 15) is 0 Å². The minimum atomic E-state index is 0.432. The lowest BCUT2D eigenvalue weighted by molar-refractivity contribution is 0.255. The molecule has 0 aliphatic rings. The van der Waals surface area contributed by atoms with Crippen LogP contribution in [0.3, 0.4) is 0 Å². The largest absolute Gasteiger partial charge is 0.465 e. The number of rotatable bonds is 7. The first-order valence-electron chi connectivity index (χ1n) is 7.14. The molecule has 0 aliphatic heterocycles. The SMILES string of the molecule is CCNCc1cc(CN(C)C(C)c2cccs2)c(C)o1. The highest BCUT2D eigenvalue weighted by Crippen LogP contribution is 2.26. The first-order chi connectivity index (χ1) is 9.61. The molecule has 3 nitrogen and oxygen atoms in total. The van der Waals surface area contributed by atoms with E-state index in [0.717, 1.165) is 31.2 Å². The molecule has 1 unspecified atom stereocenters. The summed E-state index contributed by atoms with van der Waals surface area (Å²) in [4.78, 5) is 3.77. The minimum absolute atomic E-state index is 0.432. The lowest BCUT2D eigenvalue weighted by Crippen LogP contribution is -2.21. The molecule has 1 atom stereocenters. The summed E-state index contributed by atoms with van der Waals surface area (Å²) in [5.41, 5.74) is 1.28. The Morgan fingerprint density at radius 1 is 1.45 bits per heavy atom. The van der Waals surface area contributed by atoms with Gasteiger partial charge in [-0.05, 0) is 45.0 Å². The average molecular weight is 292 g/mol. The van der Waals surface area contributed by atoms with E-state index in [2.05, 4.69) is 61.6 Å². The average Bonchev–Trinajstić information content (AvgIpc) is 3.06. The standard InChI is InChI=1S/C16H24N2OS/c1-5-17-10-15-9-14(13(3)19-15)11-18(4)12(2)16-7-6-8-20-16/h6-9,12,17H,5,10-11H2,1-4H3. The molecule has 0 spiro atoms. The number of thiophene rings is 1. The Kier molecular flexibility index (Phi) is 5.40. The van der Waals surface area contributed by atoms with Gasteiger partial charge in [0.15, 0.2) is 0 Å². The smallest absolute Gasteiger partial charge is 0.118 e. The van der Waals surface area contributed by atoms with Crippen LogP contribution in [0.1, 0.15) is 41.9 Å². The Bertz CT molecular complexity index is 519. The van der Waals surface area contributed by atoms with Crippen molar-refractivity contribution in [1.29, 1.82) is 0 Å². The van der Waals surface area contributed by atoms with E-state index in [-0.39, 0.29) is 0 Å². The van der Waals surface area contributed by atoms with E-state index >= 15 is 0 Å². The molecular formula is C16H24N2OS. The maximum absolute atomic E-state index is 5.80. The molecule has 2 rings (SSSR count). The second-order valence-electron chi connectivity index (χ2n) is 5.18. The fourth-order valence-electron chi connectivity index (χ4n) is 2.23. The topological polar surface area (TPSA) is 28.4 Å². The monoisotopic (exact) mass is 292 g/mol. The number of nitrogens with zero attached hydrogens (tertiary/aromatic N) is 1. The van der Waals surface area contributed by atoms with E-state index in [1.165, 1.54) is 10.4 Å². The molecule has 0 fully saturated rings. The Balaban J connectivity index is 2.00. The first-order valence-corrected chi connectivity index (χ1v) is 8.02. The summed E-state index contributed by atoms with van der Waals surface area (Å²) in [6.07, 6.45) is 0. The van der Waals surface area contributed by atoms with Gasteiger partial charge in [-0.2, -0.15) is 0 Å². The van der Waals surface area contributed by atoms with E-state index in [1.54, 1.807) is 0 Å². The third-order valence-corrected chi connectivity index (χ3v) is 4.70. The van der Waals surface area contributed by atoms with E-state index in [4.69, 9.17) is 4.42 Å². The normalized spacial score (nSPS) is 13.1. The van der Waals surface area contributed by atoms with Crippen molar-refractivity contribution in [3.63, 3.8) is 0 Å². The molecule has 0 amide bonds. The van der Waals surface area contributed by atoms with Crippen molar-refractivity contribution in [3.05, 3.63) is 45.5 Å². The Morgan fingerprint density at radius 3 is 2.90 bits per heavy atom. The van der Waals surface area contributed by atoms with Crippen LogP contribution in [0.4, 0.5) is 0 Å². The predicted molar refractivity (Wildman–Crippen MR) is 85.0 cm³/mol. The van der Waals surface area contributed by atoms with Gasteiger partial charge in [0.05, 0.1) is 6.54 Å². The van der Waals surface area contributed by atoms with Crippen LogP contribution in [-0.2, 0) is 13.1 Å². The van der Waals surface area contributed by atoms with Gasteiger partial charge in [0.2, 0.25) is 0 Å². The number of aryl methyl sites for hydroxylation is 1. The van der Waals surface area contributed by atoms with Gasteiger partial charge in [0, 0.05) is 23.0 Å². The summed E-state index contributed by atoms with van der Waals surface area (Å²) in [6.45, 7) is 9.09. The Hall–Kier alpha value is -1.10. The second-order valence-corrected chi connectivity index (χ2v) is 6.16. The highest BCUT2D eigenvalue weighted by molar-refractivity contribution is 7.10. The van der Waals surface area contributed by atoms with Gasteiger partial charge in [0.25, 0.3) is 0 Å². The molecule has 2 heterocycles. The number of furan rings is 1. The van der Waals surface area contributed by atoms with Crippen molar-refractivity contribution in [2.75, 3.05) is 13.6 Å². The number of hydrogen-bond acceptors (Lipinski definition) is 4. The molecule has 1 N–H and O–H groups in total. The summed E-state index contributed by atoms with van der Waals surface area (Å²) in [7, 11) is 2.17. The molecule has 2 aromatic rings. The Labute approximate surface area is 125 Å². The molecule has 2 aromatic heterocycles. The maximum atomic E-state index is 5.80. The lowest BCUT2D eigenvalue weighted by Gasteiger charge is -2.23. The van der Waals surface area contributed by atoms with E-state index < -0.39 is 0 Å². The fourth-order valence-corrected chi connectivity index (χ4v) is 3.08. The van der Waals surface area contributed by atoms with Crippen molar-refractivity contribution in [2.45, 2.75) is 39.9 Å². The zero-order valence-electron chi connectivity index (χ0n) is 12.8. The van der Waals surface area contributed by atoms with Crippen LogP contribution in [0.15, 0.2) is 28.0 Å². The van der Waals surface area contributed by atoms with Crippen LogP contribution in [0.25, 0.3) is 0 Å². The molecular weight excluding hydrogens is 268 g/mol. The number of nitrogens with one attached hydrogen (secondary N) is 1. The highest BCUT2D eigenvalue weighted by atomic mass is 32.1. The quantitative estimate of drug-likeness (QED) is 0.837. The van der Waals surface area contributed by atoms with Crippen LogP contribution in [0.5, 0.6) is 0 Å². The van der Waals surface area contributed by atoms with Gasteiger partial charge in [-0.1, -0.05) is 13.0 Å². The predicted octanol–water partition coefficient (Wildman–Crippen LogP) is 3.95. The van der Waals surface area contributed by atoms with Crippen molar-refractivity contribution >= 4 is 11.3 Å². The third kappa shape index (κ3) is 3.72. The third-order valence-electron chi connectivity index (χ3n) is 3.66. The van der Waals surface area contributed by atoms with Gasteiger partial charge >= 0.3 is 0 Å². The molecule has 0 saturated carbocycles. The first kappa shape index (κ1) is 15.3. The molecule has 0 saturated heterocycles. The summed E-state index contributed by atoms with van der Waals surface area (Å²) in [6, 6.07) is 6.92. The molecule has 0 bridgehead atoms. The van der Waals surface area contributed by atoms with Crippen molar-refractivity contribution < 1.29 is 4.42 Å². The second kappa shape index (κ2) is 7.07. The molecule has 20 heavy (non-hydrogen) atoms. The molecule has 110 valence electrons. The van der Waals surface area contributed by atoms with Gasteiger partial charge in [-0.25, -0.2) is 0 Å². The van der Waals surface area contributed by atoms with Gasteiger partial charge in [0.1, 0.15) is 11.5 Å². The van der Waals surface area contributed by atoms with Crippen molar-refractivity contribution in [1.82, 2.24) is 10.2 Å². The molecule has 0 radical (unpaired) electrons. The molecule has 0 aliphatic carbocycles. The molecule has 0 aromatic carbocycles. The Morgan fingerprint density at radius 2 is 2.25 bits per heavy atom. The van der Waals surface area contributed by atoms with Crippen LogP contribution < -0.4 is 5.32 Å². The van der Waals surface area contributed by atoms with Crippen molar-refractivity contribution in [2.24, 2.45) is 0 Å². The summed E-state index contributed by atoms with van der Waals surface area (Å²) in [5.74, 6) is 2.06. The van der Waals surface area contributed by atoms with Gasteiger partial charge < -0.3 is 9.73 Å². The summed E-state index contributed by atoms with van der Waals surface area (Å²) in [5, 5.41) is 5.43. The van der Waals surface area contributed by atoms with Crippen LogP contribution in [0.2, 0.25) is 0 Å². The van der Waals surface area contributed by atoms with Crippen LogP contribution >= 0.6 is 11.3 Å². The van der Waals surface area contributed by atoms with Crippen LogP contribution in [0, 0.1) is 6.92 Å². The highest BCUT2D eigenvalue weighted by Gasteiger charge is 2.15. The summed E-state index contributed by atoms with van der Waals surface area (Å²) < 4.78 is 5.80. The van der Waals surface area contributed by atoms with Gasteiger partial charge in [-0.3, -0.25) is 4.90 Å². The van der Waals surface area contributed by atoms with Crippen LogP contribution in [-0.4, -0.2) is 18.5 Å². The van der Waals surface area contributed by atoms with E-state index in [1.807, 2.05) is 11.3 Å².